The molecule has 2 N–H and O–H groups in total. The molecule has 0 aliphatic heterocycles. The summed E-state index contributed by atoms with van der Waals surface area (Å²) in [5.74, 6) is -0.999. The largest absolute Gasteiger partial charge is 0.387 e. The number of hydrogen-bond donors (Lipinski definition) is 2. The Hall–Kier alpha value is -1.65. The Bertz CT molecular complexity index is 577. The molecule has 0 radical (unpaired) electrons. The molecule has 0 aliphatic carbocycles. The molecule has 0 aliphatic rings. The minimum absolute atomic E-state index is 0.00486. The van der Waals surface area contributed by atoms with Crippen LogP contribution in [-0.4, -0.2) is 11.7 Å². The van der Waals surface area contributed by atoms with Crippen LogP contribution in [0.15, 0.2) is 42.5 Å². The lowest BCUT2D eigenvalue weighted by atomic mass is 10.1. The Morgan fingerprint density at radius 3 is 2.63 bits per heavy atom. The Balaban J connectivity index is 2.04. The summed E-state index contributed by atoms with van der Waals surface area (Å²) in [7, 11) is 0. The van der Waals surface area contributed by atoms with Crippen LogP contribution < -0.4 is 5.32 Å². The molecule has 2 nitrogen and oxygen atoms in total. The van der Waals surface area contributed by atoms with Crippen LogP contribution in [0.1, 0.15) is 11.7 Å². The molecule has 5 heteroatoms. The average molecular weight is 284 g/mol. The molecule has 2 aromatic carbocycles. The lowest BCUT2D eigenvalue weighted by Gasteiger charge is -2.14. The first-order valence-electron chi connectivity index (χ1n) is 5.69. The van der Waals surface area contributed by atoms with Crippen molar-refractivity contribution in [2.45, 2.75) is 6.10 Å². The number of benzene rings is 2. The summed E-state index contributed by atoms with van der Waals surface area (Å²) in [6.07, 6.45) is -0.936. The monoisotopic (exact) mass is 283 g/mol. The van der Waals surface area contributed by atoms with Crippen molar-refractivity contribution in [3.63, 3.8) is 0 Å². The molecule has 0 bridgehead atoms. The SMILES string of the molecule is OC(CNc1cccc(Cl)c1F)c1cccc(F)c1. The molecule has 1 atom stereocenters. The van der Waals surface area contributed by atoms with Crippen LogP contribution in [-0.2, 0) is 0 Å². The van der Waals surface area contributed by atoms with Crippen molar-refractivity contribution in [1.82, 2.24) is 0 Å². The topological polar surface area (TPSA) is 32.3 Å². The van der Waals surface area contributed by atoms with Gasteiger partial charge in [0.2, 0.25) is 0 Å². The molecule has 19 heavy (non-hydrogen) atoms. The van der Waals surface area contributed by atoms with E-state index >= 15 is 0 Å². The van der Waals surface area contributed by atoms with Gasteiger partial charge in [-0.25, -0.2) is 8.78 Å². The highest BCUT2D eigenvalue weighted by Crippen LogP contribution is 2.23. The molecule has 100 valence electrons. The maximum absolute atomic E-state index is 13.6. The third-order valence-electron chi connectivity index (χ3n) is 2.67. The second-order valence-corrected chi connectivity index (χ2v) is 4.46. The zero-order chi connectivity index (χ0) is 13.8. The number of aliphatic hydroxyl groups is 1. The molecule has 0 saturated carbocycles. The molecule has 0 heterocycles. The van der Waals surface area contributed by atoms with Crippen molar-refractivity contribution in [2.75, 3.05) is 11.9 Å². The minimum atomic E-state index is -0.936. The Morgan fingerprint density at radius 1 is 1.16 bits per heavy atom. The minimum Gasteiger partial charge on any atom is -0.387 e. The van der Waals surface area contributed by atoms with E-state index in [1.165, 1.54) is 30.3 Å². The van der Waals surface area contributed by atoms with Gasteiger partial charge in [0.1, 0.15) is 5.82 Å². The molecule has 0 aromatic heterocycles. The second-order valence-electron chi connectivity index (χ2n) is 4.05. The van der Waals surface area contributed by atoms with Crippen LogP contribution in [0.4, 0.5) is 14.5 Å². The maximum atomic E-state index is 13.6. The highest BCUT2D eigenvalue weighted by Gasteiger charge is 2.10. The van der Waals surface area contributed by atoms with Gasteiger partial charge in [-0.2, -0.15) is 0 Å². The fourth-order valence-corrected chi connectivity index (χ4v) is 1.85. The smallest absolute Gasteiger partial charge is 0.164 e. The first-order chi connectivity index (χ1) is 9.08. The van der Waals surface area contributed by atoms with Gasteiger partial charge in [0, 0.05) is 6.54 Å². The van der Waals surface area contributed by atoms with E-state index in [0.717, 1.165) is 0 Å². The van der Waals surface area contributed by atoms with Crippen LogP contribution >= 0.6 is 11.6 Å². The van der Waals surface area contributed by atoms with Gasteiger partial charge in [-0.3, -0.25) is 0 Å². The van der Waals surface area contributed by atoms with Crippen molar-refractivity contribution in [2.24, 2.45) is 0 Å². The fraction of sp³-hybridized carbons (Fsp3) is 0.143. The van der Waals surface area contributed by atoms with E-state index < -0.39 is 17.7 Å². The van der Waals surface area contributed by atoms with E-state index in [4.69, 9.17) is 11.6 Å². The molecule has 0 spiro atoms. The van der Waals surface area contributed by atoms with Crippen LogP contribution in [0.25, 0.3) is 0 Å². The maximum Gasteiger partial charge on any atom is 0.164 e. The van der Waals surface area contributed by atoms with E-state index in [0.29, 0.717) is 5.56 Å². The van der Waals surface area contributed by atoms with Gasteiger partial charge in [0.25, 0.3) is 0 Å². The van der Waals surface area contributed by atoms with E-state index in [2.05, 4.69) is 5.32 Å². The third-order valence-corrected chi connectivity index (χ3v) is 2.96. The molecular weight excluding hydrogens is 272 g/mol. The molecule has 0 fully saturated rings. The van der Waals surface area contributed by atoms with E-state index in [-0.39, 0.29) is 17.3 Å². The number of hydrogen-bond acceptors (Lipinski definition) is 2. The standard InChI is InChI=1S/C14H12ClF2NO/c15-11-5-2-6-12(14(11)17)18-8-13(19)9-3-1-4-10(16)7-9/h1-7,13,18-19H,8H2. The predicted molar refractivity (Wildman–Crippen MR) is 71.3 cm³/mol. The van der Waals surface area contributed by atoms with Gasteiger partial charge in [-0.1, -0.05) is 29.8 Å². The van der Waals surface area contributed by atoms with Crippen molar-refractivity contribution in [1.29, 1.82) is 0 Å². The number of aliphatic hydroxyl groups excluding tert-OH is 1. The fourth-order valence-electron chi connectivity index (χ4n) is 1.68. The van der Waals surface area contributed by atoms with Crippen LogP contribution in [0.2, 0.25) is 5.02 Å². The van der Waals surface area contributed by atoms with Gasteiger partial charge in [-0.05, 0) is 29.8 Å². The van der Waals surface area contributed by atoms with Gasteiger partial charge in [0.05, 0.1) is 16.8 Å². The summed E-state index contributed by atoms with van der Waals surface area (Å²) in [5, 5.41) is 12.6. The molecule has 1 unspecified atom stereocenters. The van der Waals surface area contributed by atoms with Gasteiger partial charge < -0.3 is 10.4 Å². The van der Waals surface area contributed by atoms with Crippen LogP contribution in [0.5, 0.6) is 0 Å². The number of rotatable bonds is 4. The summed E-state index contributed by atoms with van der Waals surface area (Å²) < 4.78 is 26.6. The third kappa shape index (κ3) is 3.43. The normalized spacial score (nSPS) is 12.2. The van der Waals surface area contributed by atoms with Crippen molar-refractivity contribution in [3.05, 3.63) is 64.7 Å². The zero-order valence-corrected chi connectivity index (χ0v) is 10.7. The Labute approximate surface area is 114 Å². The first-order valence-corrected chi connectivity index (χ1v) is 6.07. The Kier molecular flexibility index (Phi) is 4.35. The van der Waals surface area contributed by atoms with Gasteiger partial charge in [0.15, 0.2) is 5.82 Å². The van der Waals surface area contributed by atoms with E-state index in [1.807, 2.05) is 0 Å². The van der Waals surface area contributed by atoms with Crippen molar-refractivity contribution >= 4 is 17.3 Å². The molecule has 0 saturated heterocycles. The van der Waals surface area contributed by atoms with Gasteiger partial charge in [-0.15, -0.1) is 0 Å². The number of anilines is 1. The summed E-state index contributed by atoms with van der Waals surface area (Å²) in [4.78, 5) is 0. The zero-order valence-electron chi connectivity index (χ0n) is 9.91. The molecule has 2 rings (SSSR count). The average Bonchev–Trinajstić information content (AvgIpc) is 2.40. The van der Waals surface area contributed by atoms with E-state index in [9.17, 15) is 13.9 Å². The molecule has 2 aromatic rings. The predicted octanol–water partition coefficient (Wildman–Crippen LogP) is 3.76. The van der Waals surface area contributed by atoms with Crippen molar-refractivity contribution < 1.29 is 13.9 Å². The summed E-state index contributed by atoms with van der Waals surface area (Å²) in [6, 6.07) is 10.2. The molecular formula is C14H12ClF2NO. The van der Waals surface area contributed by atoms with E-state index in [1.54, 1.807) is 12.1 Å². The lowest BCUT2D eigenvalue weighted by molar-refractivity contribution is 0.191. The second kappa shape index (κ2) is 5.99. The summed E-state index contributed by atoms with van der Waals surface area (Å²) in [5.41, 5.74) is 0.623. The highest BCUT2D eigenvalue weighted by atomic mass is 35.5. The summed E-state index contributed by atoms with van der Waals surface area (Å²) in [6.45, 7) is 0.0563. The number of nitrogens with one attached hydrogen (secondary N) is 1. The molecule has 0 amide bonds. The van der Waals surface area contributed by atoms with Crippen LogP contribution in [0.3, 0.4) is 0 Å². The van der Waals surface area contributed by atoms with Crippen LogP contribution in [0, 0.1) is 11.6 Å². The van der Waals surface area contributed by atoms with Gasteiger partial charge >= 0.3 is 0 Å². The van der Waals surface area contributed by atoms with Crippen molar-refractivity contribution in [3.8, 4) is 0 Å². The highest BCUT2D eigenvalue weighted by molar-refractivity contribution is 6.31. The quantitative estimate of drug-likeness (QED) is 0.895. The Morgan fingerprint density at radius 2 is 1.89 bits per heavy atom. The summed E-state index contributed by atoms with van der Waals surface area (Å²) >= 11 is 5.64. The number of halogens is 3. The first kappa shape index (κ1) is 13.8. The lowest BCUT2D eigenvalue weighted by Crippen LogP contribution is -2.13.